The molecule has 0 spiro atoms. The van der Waals surface area contributed by atoms with E-state index in [0.29, 0.717) is 42.1 Å². The molecule has 0 saturated carbocycles. The number of benzene rings is 2. The molecule has 0 amide bonds. The Labute approximate surface area is 216 Å². The van der Waals surface area contributed by atoms with Crippen molar-refractivity contribution in [3.05, 3.63) is 90.0 Å². The lowest BCUT2D eigenvalue weighted by Gasteiger charge is -2.08. The fraction of sp³-hybridized carbons (Fsp3) is 0.276. The minimum absolute atomic E-state index is 0.0284. The van der Waals surface area contributed by atoms with Gasteiger partial charge in [-0.3, -0.25) is 4.79 Å². The van der Waals surface area contributed by atoms with Crippen molar-refractivity contribution in [2.75, 3.05) is 33.0 Å². The Kier molecular flexibility index (Phi) is 12.4. The first kappa shape index (κ1) is 29.1. The SMILES string of the molecule is C=C(C)C(=O)OCCOc1ccc(/C=C/C(=O)c2ccc(OCCCCOC(=O)C(=C)CO)cc2)cc1. The predicted octanol–water partition coefficient (Wildman–Crippen LogP) is 4.33. The largest absolute Gasteiger partial charge is 0.494 e. The van der Waals surface area contributed by atoms with E-state index in [-0.39, 0.29) is 31.2 Å². The molecule has 0 heterocycles. The molecule has 0 aliphatic rings. The monoisotopic (exact) mass is 508 g/mol. The Morgan fingerprint density at radius 3 is 1.97 bits per heavy atom. The van der Waals surface area contributed by atoms with Crippen molar-refractivity contribution in [2.24, 2.45) is 0 Å². The van der Waals surface area contributed by atoms with E-state index in [9.17, 15) is 14.4 Å². The van der Waals surface area contributed by atoms with Crippen LogP contribution in [0.5, 0.6) is 11.5 Å². The quantitative estimate of drug-likeness (QED) is 0.154. The molecule has 2 aromatic carbocycles. The van der Waals surface area contributed by atoms with E-state index < -0.39 is 18.5 Å². The maximum atomic E-state index is 12.5. The summed E-state index contributed by atoms with van der Waals surface area (Å²) in [5.74, 6) is 0.0720. The van der Waals surface area contributed by atoms with E-state index in [1.54, 1.807) is 49.4 Å². The number of aliphatic hydroxyl groups is 1. The molecule has 37 heavy (non-hydrogen) atoms. The van der Waals surface area contributed by atoms with Crippen LogP contribution in [0, 0.1) is 0 Å². The second-order valence-corrected chi connectivity index (χ2v) is 8.01. The molecule has 0 aliphatic carbocycles. The van der Waals surface area contributed by atoms with Gasteiger partial charge in [0, 0.05) is 11.1 Å². The number of allylic oxidation sites excluding steroid dienone is 1. The van der Waals surface area contributed by atoms with Gasteiger partial charge in [0.25, 0.3) is 0 Å². The number of ether oxygens (including phenoxy) is 4. The van der Waals surface area contributed by atoms with E-state index in [1.165, 1.54) is 6.08 Å². The highest BCUT2D eigenvalue weighted by Crippen LogP contribution is 2.16. The van der Waals surface area contributed by atoms with Crippen LogP contribution in [-0.4, -0.2) is 55.9 Å². The van der Waals surface area contributed by atoms with E-state index in [0.717, 1.165) is 5.56 Å². The van der Waals surface area contributed by atoms with Crippen LogP contribution in [0.15, 0.2) is 78.9 Å². The van der Waals surface area contributed by atoms with Crippen LogP contribution in [-0.2, 0) is 19.1 Å². The van der Waals surface area contributed by atoms with Crippen molar-refractivity contribution in [1.29, 1.82) is 0 Å². The van der Waals surface area contributed by atoms with Crippen LogP contribution in [0.3, 0.4) is 0 Å². The molecule has 0 aromatic heterocycles. The minimum atomic E-state index is -0.598. The second kappa shape index (κ2) is 15.7. The van der Waals surface area contributed by atoms with Crippen LogP contribution in [0.25, 0.3) is 6.08 Å². The first-order valence-corrected chi connectivity index (χ1v) is 11.8. The zero-order chi connectivity index (χ0) is 27.0. The van der Waals surface area contributed by atoms with Gasteiger partial charge in [-0.05, 0) is 67.8 Å². The summed E-state index contributed by atoms with van der Waals surface area (Å²) in [6.45, 7) is 9.10. The normalized spacial score (nSPS) is 10.5. The van der Waals surface area contributed by atoms with Crippen LogP contribution >= 0.6 is 0 Å². The van der Waals surface area contributed by atoms with Crippen molar-refractivity contribution in [3.63, 3.8) is 0 Å². The number of ketones is 1. The number of carbonyl (C=O) groups is 3. The molecule has 2 rings (SSSR count). The molecule has 2 aromatic rings. The topological polar surface area (TPSA) is 108 Å². The number of hydrogen-bond donors (Lipinski definition) is 1. The third kappa shape index (κ3) is 11.0. The minimum Gasteiger partial charge on any atom is -0.494 e. The summed E-state index contributed by atoms with van der Waals surface area (Å²) < 4.78 is 21.1. The first-order valence-electron chi connectivity index (χ1n) is 11.8. The highest BCUT2D eigenvalue weighted by molar-refractivity contribution is 6.06. The Morgan fingerprint density at radius 1 is 0.784 bits per heavy atom. The molecule has 8 nitrogen and oxygen atoms in total. The van der Waals surface area contributed by atoms with Gasteiger partial charge < -0.3 is 24.1 Å². The van der Waals surface area contributed by atoms with Crippen LogP contribution in [0.4, 0.5) is 0 Å². The standard InChI is InChI=1S/C29H32O8/c1-21(2)28(32)37-19-18-35-25-11-6-23(7-12-25)8-15-27(31)24-9-13-26(14-10-24)34-16-4-5-17-36-29(33)22(3)20-30/h6-15,30H,1,3-5,16-20H2,2H3/b15-8+. The molecular weight excluding hydrogens is 476 g/mol. The molecular formula is C29H32O8. The highest BCUT2D eigenvalue weighted by Gasteiger charge is 2.07. The lowest BCUT2D eigenvalue weighted by atomic mass is 10.1. The number of aliphatic hydroxyl groups excluding tert-OH is 1. The van der Waals surface area contributed by atoms with Gasteiger partial charge in [0.1, 0.15) is 24.7 Å². The number of esters is 2. The fourth-order valence-corrected chi connectivity index (χ4v) is 2.80. The fourth-order valence-electron chi connectivity index (χ4n) is 2.80. The molecule has 0 saturated heterocycles. The lowest BCUT2D eigenvalue weighted by molar-refractivity contribution is -0.140. The van der Waals surface area contributed by atoms with Crippen molar-refractivity contribution < 1.29 is 38.4 Å². The number of unbranched alkanes of at least 4 members (excludes halogenated alkanes) is 1. The van der Waals surface area contributed by atoms with Gasteiger partial charge in [-0.1, -0.05) is 31.4 Å². The Bertz CT molecular complexity index is 1100. The lowest BCUT2D eigenvalue weighted by Crippen LogP contribution is -2.12. The van der Waals surface area contributed by atoms with E-state index in [2.05, 4.69) is 13.2 Å². The molecule has 0 radical (unpaired) electrons. The van der Waals surface area contributed by atoms with Gasteiger partial charge in [0.15, 0.2) is 5.78 Å². The highest BCUT2D eigenvalue weighted by atomic mass is 16.6. The molecule has 0 fully saturated rings. The number of hydrogen-bond acceptors (Lipinski definition) is 8. The molecule has 196 valence electrons. The van der Waals surface area contributed by atoms with Gasteiger partial charge in [-0.25, -0.2) is 9.59 Å². The Hall–Kier alpha value is -4.17. The Balaban J connectivity index is 1.70. The van der Waals surface area contributed by atoms with Gasteiger partial charge in [0.2, 0.25) is 0 Å². The number of rotatable bonds is 16. The maximum absolute atomic E-state index is 12.5. The molecule has 0 unspecified atom stereocenters. The third-order valence-electron chi connectivity index (χ3n) is 4.90. The molecule has 0 bridgehead atoms. The van der Waals surface area contributed by atoms with E-state index in [4.69, 9.17) is 24.1 Å². The summed E-state index contributed by atoms with van der Waals surface area (Å²) in [6, 6.07) is 14.0. The van der Waals surface area contributed by atoms with Crippen molar-refractivity contribution >= 4 is 23.8 Å². The zero-order valence-electron chi connectivity index (χ0n) is 20.9. The average Bonchev–Trinajstić information content (AvgIpc) is 2.91. The molecule has 1 N–H and O–H groups in total. The van der Waals surface area contributed by atoms with Gasteiger partial charge in [0.05, 0.1) is 25.4 Å². The smallest absolute Gasteiger partial charge is 0.335 e. The van der Waals surface area contributed by atoms with Crippen LogP contribution in [0.2, 0.25) is 0 Å². The number of carbonyl (C=O) groups excluding carboxylic acids is 3. The summed E-state index contributed by atoms with van der Waals surface area (Å²) in [7, 11) is 0. The summed E-state index contributed by atoms with van der Waals surface area (Å²) in [6.07, 6.45) is 4.50. The molecule has 0 atom stereocenters. The van der Waals surface area contributed by atoms with Crippen molar-refractivity contribution in [2.45, 2.75) is 19.8 Å². The molecule has 8 heteroatoms. The third-order valence-corrected chi connectivity index (χ3v) is 4.90. The summed E-state index contributed by atoms with van der Waals surface area (Å²) in [5, 5.41) is 8.81. The van der Waals surface area contributed by atoms with Crippen molar-refractivity contribution in [3.8, 4) is 11.5 Å². The summed E-state index contributed by atoms with van der Waals surface area (Å²) >= 11 is 0. The first-order chi connectivity index (χ1) is 17.8. The van der Waals surface area contributed by atoms with Gasteiger partial charge in [-0.15, -0.1) is 0 Å². The molecule has 0 aliphatic heterocycles. The van der Waals surface area contributed by atoms with Crippen molar-refractivity contribution in [1.82, 2.24) is 0 Å². The van der Waals surface area contributed by atoms with Gasteiger partial charge >= 0.3 is 11.9 Å². The summed E-state index contributed by atoms with van der Waals surface area (Å²) in [5.41, 5.74) is 1.73. The van der Waals surface area contributed by atoms with E-state index in [1.807, 2.05) is 12.1 Å². The zero-order valence-corrected chi connectivity index (χ0v) is 20.9. The van der Waals surface area contributed by atoms with Gasteiger partial charge in [-0.2, -0.15) is 0 Å². The average molecular weight is 509 g/mol. The second-order valence-electron chi connectivity index (χ2n) is 8.01. The van der Waals surface area contributed by atoms with E-state index >= 15 is 0 Å². The summed E-state index contributed by atoms with van der Waals surface area (Å²) in [4.78, 5) is 35.2. The Morgan fingerprint density at radius 2 is 1.35 bits per heavy atom. The van der Waals surface area contributed by atoms with Crippen LogP contribution in [0.1, 0.15) is 35.7 Å². The maximum Gasteiger partial charge on any atom is 0.335 e. The van der Waals surface area contributed by atoms with Crippen LogP contribution < -0.4 is 9.47 Å². The predicted molar refractivity (Wildman–Crippen MR) is 139 cm³/mol.